The van der Waals surface area contributed by atoms with Crippen LogP contribution < -0.4 is 5.73 Å². The number of hydrogen-bond donors (Lipinski definition) is 1. The summed E-state index contributed by atoms with van der Waals surface area (Å²) in [5.41, 5.74) is 7.30. The predicted molar refractivity (Wildman–Crippen MR) is 67.9 cm³/mol. The molecule has 0 aromatic carbocycles. The summed E-state index contributed by atoms with van der Waals surface area (Å²) in [5.74, 6) is 0. The van der Waals surface area contributed by atoms with E-state index in [-0.39, 0.29) is 5.54 Å². The topological polar surface area (TPSA) is 26.0 Å². The molecule has 0 amide bonds. The van der Waals surface area contributed by atoms with Crippen LogP contribution in [0.5, 0.6) is 0 Å². The largest absolute Gasteiger partial charge is 0.321 e. The van der Waals surface area contributed by atoms with Crippen LogP contribution in [0.4, 0.5) is 0 Å². The van der Waals surface area contributed by atoms with Crippen LogP contribution in [0.15, 0.2) is 34.9 Å². The highest BCUT2D eigenvalue weighted by atomic mass is 35.5. The number of unbranched alkanes of at least 4 members (excludes halogenated alkanes) is 1. The van der Waals surface area contributed by atoms with E-state index in [2.05, 4.69) is 19.1 Å². The zero-order chi connectivity index (χ0) is 11.3. The van der Waals surface area contributed by atoms with Gasteiger partial charge < -0.3 is 5.73 Å². The van der Waals surface area contributed by atoms with Crippen molar-refractivity contribution in [3.63, 3.8) is 0 Å². The van der Waals surface area contributed by atoms with Gasteiger partial charge in [0, 0.05) is 10.6 Å². The first kappa shape index (κ1) is 12.5. The molecule has 1 rings (SSSR count). The molecule has 0 aromatic rings. The van der Waals surface area contributed by atoms with Gasteiger partial charge in [0.25, 0.3) is 0 Å². The average Bonchev–Trinajstić information content (AvgIpc) is 2.90. The van der Waals surface area contributed by atoms with E-state index in [4.69, 9.17) is 17.3 Å². The first-order chi connectivity index (χ1) is 7.08. The van der Waals surface area contributed by atoms with E-state index in [1.165, 1.54) is 12.0 Å². The van der Waals surface area contributed by atoms with Crippen LogP contribution in [0, 0.1) is 0 Å². The lowest BCUT2D eigenvalue weighted by Crippen LogP contribution is -2.23. The van der Waals surface area contributed by atoms with Gasteiger partial charge in [-0.05, 0) is 37.8 Å². The molecule has 84 valence electrons. The number of nitrogens with two attached hydrogens (primary N) is 1. The molecule has 0 spiro atoms. The minimum absolute atomic E-state index is 0.0763. The van der Waals surface area contributed by atoms with Gasteiger partial charge in [-0.3, -0.25) is 0 Å². The number of hydrogen-bond acceptors (Lipinski definition) is 1. The Hall–Kier alpha value is -0.530. The highest BCUT2D eigenvalue weighted by Gasteiger charge is 2.40. The molecule has 0 heterocycles. The summed E-state index contributed by atoms with van der Waals surface area (Å²) < 4.78 is 0. The summed E-state index contributed by atoms with van der Waals surface area (Å²) in [4.78, 5) is 0. The maximum atomic E-state index is 6.17. The Bertz CT molecular complexity index is 292. The highest BCUT2D eigenvalue weighted by Crippen LogP contribution is 2.40. The van der Waals surface area contributed by atoms with Crippen LogP contribution >= 0.6 is 11.6 Å². The third-order valence-corrected chi connectivity index (χ3v) is 2.73. The second kappa shape index (κ2) is 5.53. The van der Waals surface area contributed by atoms with Crippen molar-refractivity contribution in [1.82, 2.24) is 0 Å². The van der Waals surface area contributed by atoms with E-state index in [0.29, 0.717) is 0 Å². The molecule has 0 radical (unpaired) electrons. The Balaban J connectivity index is 2.70. The molecule has 0 aromatic heterocycles. The van der Waals surface area contributed by atoms with Crippen molar-refractivity contribution in [3.8, 4) is 0 Å². The van der Waals surface area contributed by atoms with E-state index < -0.39 is 0 Å². The van der Waals surface area contributed by atoms with E-state index in [9.17, 15) is 0 Å². The van der Waals surface area contributed by atoms with Gasteiger partial charge in [0.1, 0.15) is 0 Å². The first-order valence-electron chi connectivity index (χ1n) is 5.58. The molecular weight excluding hydrogens is 206 g/mol. The van der Waals surface area contributed by atoms with Gasteiger partial charge in [-0.2, -0.15) is 0 Å². The number of halogens is 1. The van der Waals surface area contributed by atoms with Crippen LogP contribution in [-0.2, 0) is 0 Å². The average molecular weight is 226 g/mol. The maximum absolute atomic E-state index is 6.17. The second-order valence-corrected chi connectivity index (χ2v) is 4.82. The summed E-state index contributed by atoms with van der Waals surface area (Å²) in [6.07, 6.45) is 12.8. The Morgan fingerprint density at radius 2 is 2.07 bits per heavy atom. The van der Waals surface area contributed by atoms with Crippen LogP contribution in [0.3, 0.4) is 0 Å². The molecule has 0 aliphatic heterocycles. The second-order valence-electron chi connectivity index (χ2n) is 4.22. The monoisotopic (exact) mass is 225 g/mol. The molecule has 1 nitrogen and oxygen atoms in total. The van der Waals surface area contributed by atoms with Crippen molar-refractivity contribution < 1.29 is 0 Å². The van der Waals surface area contributed by atoms with E-state index in [1.807, 2.05) is 19.1 Å². The van der Waals surface area contributed by atoms with Crippen LogP contribution in [0.2, 0.25) is 0 Å². The summed E-state index contributed by atoms with van der Waals surface area (Å²) in [7, 11) is 0. The number of allylic oxidation sites excluding steroid dienone is 4. The van der Waals surface area contributed by atoms with Crippen molar-refractivity contribution in [2.24, 2.45) is 5.73 Å². The van der Waals surface area contributed by atoms with Gasteiger partial charge >= 0.3 is 0 Å². The van der Waals surface area contributed by atoms with Gasteiger partial charge in [-0.25, -0.2) is 0 Å². The molecule has 0 bridgehead atoms. The van der Waals surface area contributed by atoms with Gasteiger partial charge in [-0.1, -0.05) is 43.2 Å². The molecular formula is C13H20ClN. The first-order valence-corrected chi connectivity index (χ1v) is 5.96. The molecule has 2 heteroatoms. The van der Waals surface area contributed by atoms with Crippen LogP contribution in [0.1, 0.15) is 39.5 Å². The summed E-state index contributed by atoms with van der Waals surface area (Å²) in [6, 6.07) is 0. The molecule has 1 aliphatic carbocycles. The standard InChI is InChI=1S/C13H20ClN/c1-3-4-5-6-12(8-7-11(2)14)13(15)9-10-13/h5-8H,3-4,9-10,15H2,1-2H3/b6-5+,11-7+,12-8+. The molecule has 1 saturated carbocycles. The summed E-state index contributed by atoms with van der Waals surface area (Å²) >= 11 is 5.81. The van der Waals surface area contributed by atoms with E-state index in [1.54, 1.807) is 0 Å². The minimum Gasteiger partial charge on any atom is -0.321 e. The Labute approximate surface area is 97.7 Å². The third-order valence-electron chi connectivity index (χ3n) is 2.61. The molecule has 0 atom stereocenters. The molecule has 1 fully saturated rings. The lowest BCUT2D eigenvalue weighted by Gasteiger charge is -2.09. The van der Waals surface area contributed by atoms with Crippen molar-refractivity contribution in [2.45, 2.75) is 45.1 Å². The SMILES string of the molecule is CCC/C=C/C(=C\C=C(/C)Cl)C1(N)CC1. The molecule has 2 N–H and O–H groups in total. The van der Waals surface area contributed by atoms with Crippen LogP contribution in [0.25, 0.3) is 0 Å². The van der Waals surface area contributed by atoms with Gasteiger partial charge in [0.05, 0.1) is 0 Å². The smallest absolute Gasteiger partial charge is 0.0411 e. The fourth-order valence-corrected chi connectivity index (χ4v) is 1.46. The van der Waals surface area contributed by atoms with Gasteiger partial charge in [-0.15, -0.1) is 0 Å². The molecule has 1 aliphatic rings. The normalized spacial score (nSPS) is 21.1. The van der Waals surface area contributed by atoms with Crippen molar-refractivity contribution in [3.05, 3.63) is 34.9 Å². The summed E-state index contributed by atoms with van der Waals surface area (Å²) in [6.45, 7) is 4.05. The minimum atomic E-state index is -0.0763. The Morgan fingerprint density at radius 3 is 2.53 bits per heavy atom. The third kappa shape index (κ3) is 4.23. The Kier molecular flexibility index (Phi) is 4.62. The van der Waals surface area contributed by atoms with Gasteiger partial charge in [0.15, 0.2) is 0 Å². The van der Waals surface area contributed by atoms with Gasteiger partial charge in [0.2, 0.25) is 0 Å². The highest BCUT2D eigenvalue weighted by molar-refractivity contribution is 6.29. The lowest BCUT2D eigenvalue weighted by atomic mass is 10.0. The zero-order valence-electron chi connectivity index (χ0n) is 9.59. The van der Waals surface area contributed by atoms with E-state index >= 15 is 0 Å². The Morgan fingerprint density at radius 1 is 1.40 bits per heavy atom. The molecule has 15 heavy (non-hydrogen) atoms. The number of rotatable bonds is 5. The summed E-state index contributed by atoms with van der Waals surface area (Å²) in [5, 5.41) is 0.792. The lowest BCUT2D eigenvalue weighted by molar-refractivity contribution is 0.813. The fourth-order valence-electron chi connectivity index (χ4n) is 1.39. The fraction of sp³-hybridized carbons (Fsp3) is 0.538. The molecule has 0 saturated heterocycles. The van der Waals surface area contributed by atoms with Crippen molar-refractivity contribution in [2.75, 3.05) is 0 Å². The van der Waals surface area contributed by atoms with E-state index in [0.717, 1.165) is 24.3 Å². The van der Waals surface area contributed by atoms with Crippen LogP contribution in [-0.4, -0.2) is 5.54 Å². The van der Waals surface area contributed by atoms with Crippen molar-refractivity contribution >= 4 is 11.6 Å². The predicted octanol–water partition coefficient (Wildman–Crippen LogP) is 3.90. The quantitative estimate of drug-likeness (QED) is 0.706. The zero-order valence-corrected chi connectivity index (χ0v) is 10.3. The van der Waals surface area contributed by atoms with Crippen molar-refractivity contribution in [1.29, 1.82) is 0 Å². The molecule has 0 unspecified atom stereocenters. The maximum Gasteiger partial charge on any atom is 0.0411 e.